The summed E-state index contributed by atoms with van der Waals surface area (Å²) in [5.74, 6) is 0.399. The molecule has 1 heterocycles. The van der Waals surface area contributed by atoms with Crippen molar-refractivity contribution in [2.75, 3.05) is 4.90 Å². The van der Waals surface area contributed by atoms with Gasteiger partial charge < -0.3 is 9.64 Å². The number of fused-ring (bicyclic) bond motifs is 6. The van der Waals surface area contributed by atoms with Crippen LogP contribution in [0.3, 0.4) is 0 Å². The third-order valence-electron chi connectivity index (χ3n) is 9.73. The van der Waals surface area contributed by atoms with Crippen molar-refractivity contribution in [2.24, 2.45) is 0 Å². The number of hydrogen-bond donors (Lipinski definition) is 0. The molecule has 0 N–H and O–H groups in total. The first-order chi connectivity index (χ1) is 41.0. The van der Waals surface area contributed by atoms with E-state index in [-0.39, 0.29) is 22.4 Å². The smallest absolute Gasteiger partial charge is 0.135 e. The molecular weight excluding hydrogens is 727 g/mol. The zero-order valence-corrected chi connectivity index (χ0v) is 30.8. The first-order valence-electron chi connectivity index (χ1n) is 31.8. The molecular formula is C58H39NO. The summed E-state index contributed by atoms with van der Waals surface area (Å²) in [6.07, 6.45) is 0. The molecule has 0 amide bonds. The molecule has 0 spiro atoms. The summed E-state index contributed by atoms with van der Waals surface area (Å²) in [5.41, 5.74) is -4.53. The van der Waals surface area contributed by atoms with Crippen molar-refractivity contribution in [1.29, 1.82) is 0 Å². The van der Waals surface area contributed by atoms with E-state index in [9.17, 15) is 16.4 Å². The monoisotopic (exact) mass is 792 g/mol. The van der Waals surface area contributed by atoms with Crippen molar-refractivity contribution in [3.8, 4) is 78.3 Å². The van der Waals surface area contributed by atoms with Crippen LogP contribution in [0.2, 0.25) is 0 Å². The van der Waals surface area contributed by atoms with Crippen molar-refractivity contribution in [3.05, 3.63) is 236 Å². The first kappa shape index (κ1) is 17.1. The Morgan fingerprint density at radius 1 is 0.300 bits per heavy atom. The standard InChI is InChI=1S/C58H39NO/c1-4-12-40(13-5-1)43-20-28-50(29-21-43)59(51-30-22-44(23-31-51)41-14-6-2-7-15-41)52-32-24-45(25-33-52)49-27-35-54-55-36-48(42-16-8-3-9-17-42)26-34-53(55)56-37-46-18-10-11-19-47(46)38-58(56)60-57(54)39-49/h1-39H/i1D,2D,3D,4D,5D,6D,7D,8D,9D,12D,13D,14D,15D,16D,17D,20D,21D,22D,23D,24D,25D,28D,29D,30D,31D,32D,33D. The van der Waals surface area contributed by atoms with Gasteiger partial charge in [-0.15, -0.1) is 0 Å². The summed E-state index contributed by atoms with van der Waals surface area (Å²) >= 11 is 0. The molecule has 0 aromatic heterocycles. The zero-order chi connectivity index (χ0) is 63.3. The van der Waals surface area contributed by atoms with Gasteiger partial charge in [-0.3, -0.25) is 0 Å². The van der Waals surface area contributed by atoms with Gasteiger partial charge in [0.05, 0.1) is 37.0 Å². The molecule has 0 bridgehead atoms. The summed E-state index contributed by atoms with van der Waals surface area (Å²) < 4.78 is 247. The largest absolute Gasteiger partial charge is 0.456 e. The van der Waals surface area contributed by atoms with E-state index in [1.807, 2.05) is 30.3 Å². The summed E-state index contributed by atoms with van der Waals surface area (Å²) in [6, 6.07) is -4.00. The molecule has 2 nitrogen and oxygen atoms in total. The number of hydrogen-bond acceptors (Lipinski definition) is 2. The molecule has 10 aromatic rings. The Bertz CT molecular complexity index is 4460. The van der Waals surface area contributed by atoms with E-state index in [0.717, 1.165) is 10.8 Å². The lowest BCUT2D eigenvalue weighted by Crippen LogP contribution is -2.09. The fraction of sp³-hybridized carbons (Fsp3) is 0. The van der Waals surface area contributed by atoms with Crippen molar-refractivity contribution in [2.45, 2.75) is 0 Å². The highest BCUT2D eigenvalue weighted by Gasteiger charge is 2.23. The molecule has 0 unspecified atom stereocenters. The highest BCUT2D eigenvalue weighted by molar-refractivity contribution is 5.98. The highest BCUT2D eigenvalue weighted by atomic mass is 16.5. The lowest BCUT2D eigenvalue weighted by molar-refractivity contribution is 0.488. The van der Waals surface area contributed by atoms with E-state index < -0.39 is 208 Å². The summed E-state index contributed by atoms with van der Waals surface area (Å²) in [5, 5.41) is 1.59. The van der Waals surface area contributed by atoms with E-state index in [0.29, 0.717) is 32.9 Å². The zero-order valence-electron chi connectivity index (χ0n) is 57.8. The average molecular weight is 793 g/mol. The van der Waals surface area contributed by atoms with Gasteiger partial charge >= 0.3 is 0 Å². The molecule has 10 aromatic carbocycles. The van der Waals surface area contributed by atoms with Crippen molar-refractivity contribution in [3.63, 3.8) is 0 Å². The maximum Gasteiger partial charge on any atom is 0.135 e. The Labute approximate surface area is 388 Å². The van der Waals surface area contributed by atoms with Gasteiger partial charge in [-0.25, -0.2) is 0 Å². The van der Waals surface area contributed by atoms with E-state index in [1.54, 1.807) is 30.3 Å². The van der Waals surface area contributed by atoms with Crippen LogP contribution < -0.4 is 9.64 Å². The Morgan fingerprint density at radius 3 is 1.22 bits per heavy atom. The second-order valence-electron chi connectivity index (χ2n) is 13.3. The normalized spacial score (nSPS) is 17.8. The van der Waals surface area contributed by atoms with Crippen LogP contribution in [-0.4, -0.2) is 0 Å². The average Bonchev–Trinajstić information content (AvgIpc) is 1.10. The van der Waals surface area contributed by atoms with Crippen LogP contribution in [0.4, 0.5) is 17.1 Å². The Hall–Kier alpha value is -7.94. The van der Waals surface area contributed by atoms with Gasteiger partial charge in [0.2, 0.25) is 0 Å². The number of benzene rings is 10. The fourth-order valence-corrected chi connectivity index (χ4v) is 6.90. The Balaban J connectivity index is 1.18. The third kappa shape index (κ3) is 6.61. The molecule has 60 heavy (non-hydrogen) atoms. The van der Waals surface area contributed by atoms with Gasteiger partial charge in [0.15, 0.2) is 0 Å². The van der Waals surface area contributed by atoms with Gasteiger partial charge in [0.25, 0.3) is 0 Å². The molecule has 0 radical (unpaired) electrons. The van der Waals surface area contributed by atoms with Crippen LogP contribution in [-0.2, 0) is 0 Å². The van der Waals surface area contributed by atoms with Crippen LogP contribution in [0, 0.1) is 0 Å². The molecule has 0 saturated heterocycles. The molecule has 11 rings (SSSR count). The number of ether oxygens (including phenoxy) is 1. The maximum absolute atomic E-state index is 9.74. The molecule has 2 heteroatoms. The van der Waals surface area contributed by atoms with Crippen LogP contribution in [0.15, 0.2) is 236 Å². The van der Waals surface area contributed by atoms with E-state index in [4.69, 9.17) is 25.3 Å². The number of rotatable bonds is 7. The van der Waals surface area contributed by atoms with Crippen LogP contribution in [0.25, 0.3) is 77.5 Å². The number of anilines is 3. The van der Waals surface area contributed by atoms with Crippen LogP contribution in [0.5, 0.6) is 11.5 Å². The predicted molar refractivity (Wildman–Crippen MR) is 251 cm³/mol. The molecule has 0 aliphatic carbocycles. The highest BCUT2D eigenvalue weighted by Crippen LogP contribution is 2.50. The summed E-state index contributed by atoms with van der Waals surface area (Å²) in [6.45, 7) is 0. The lowest BCUT2D eigenvalue weighted by Gasteiger charge is -2.26. The minimum absolute atomic E-state index is 0.0177. The molecule has 0 fully saturated rings. The second kappa shape index (κ2) is 15.1. The molecule has 0 saturated carbocycles. The van der Waals surface area contributed by atoms with E-state index in [1.165, 1.54) is 12.1 Å². The Morgan fingerprint density at radius 2 is 0.700 bits per heavy atom. The fourth-order valence-electron chi connectivity index (χ4n) is 6.90. The summed E-state index contributed by atoms with van der Waals surface area (Å²) in [7, 11) is 0. The topological polar surface area (TPSA) is 12.5 Å². The van der Waals surface area contributed by atoms with Gasteiger partial charge in [-0.05, 0) is 133 Å². The Kier molecular flexibility index (Phi) is 4.31. The van der Waals surface area contributed by atoms with Gasteiger partial charge in [0.1, 0.15) is 11.5 Å². The van der Waals surface area contributed by atoms with Gasteiger partial charge in [-0.2, -0.15) is 0 Å². The quantitative estimate of drug-likeness (QED) is 0.159. The minimum Gasteiger partial charge on any atom is -0.456 e. The predicted octanol–water partition coefficient (Wildman–Crippen LogP) is 16.4. The van der Waals surface area contributed by atoms with Crippen LogP contribution in [0.1, 0.15) is 37.0 Å². The maximum atomic E-state index is 9.74. The summed E-state index contributed by atoms with van der Waals surface area (Å²) in [4.78, 5) is 0.439. The van der Waals surface area contributed by atoms with Gasteiger partial charge in [0, 0.05) is 28.2 Å². The van der Waals surface area contributed by atoms with Gasteiger partial charge in [-0.1, -0.05) is 169 Å². The van der Waals surface area contributed by atoms with Crippen molar-refractivity contribution >= 4 is 27.8 Å². The SMILES string of the molecule is [2H]c1c([2H])c([2H])c(-c2ccc3c(c2)-c2ccc(-c4c([2H])c([2H])c(N(c5c([2H])c([2H])c(-c6c([2H])c([2H])c([2H])c([2H])c6[2H])c([2H])c5[2H])c5c([2H])c([2H])c(-c6c([2H])c([2H])c([2H])c([2H])c6[2H])c([2H])c5[2H])c([2H])c4[2H])cc2Oc2cc4ccccc4cc2-3)c([2H])c1[2H]. The first-order valence-corrected chi connectivity index (χ1v) is 18.3. The third-order valence-corrected chi connectivity index (χ3v) is 9.73. The molecule has 1 aliphatic rings. The number of nitrogens with zero attached hydrogens (tertiary/aromatic N) is 1. The van der Waals surface area contributed by atoms with Crippen LogP contribution >= 0.6 is 0 Å². The molecule has 1 aliphatic heterocycles. The van der Waals surface area contributed by atoms with E-state index >= 15 is 0 Å². The molecule has 0 atom stereocenters. The van der Waals surface area contributed by atoms with Crippen molar-refractivity contribution < 1.29 is 41.7 Å². The van der Waals surface area contributed by atoms with E-state index in [2.05, 4.69) is 0 Å². The molecule has 282 valence electrons. The minimum atomic E-state index is -1.17. The lowest BCUT2D eigenvalue weighted by atomic mass is 9.89. The second-order valence-corrected chi connectivity index (χ2v) is 13.3. The van der Waals surface area contributed by atoms with Crippen molar-refractivity contribution in [1.82, 2.24) is 0 Å².